The Balaban J connectivity index is 1.56. The molecule has 6 nitrogen and oxygen atoms in total. The Morgan fingerprint density at radius 2 is 2.29 bits per heavy atom. The molecule has 1 atom stereocenters. The molecule has 0 saturated carbocycles. The molecule has 2 saturated heterocycles. The summed E-state index contributed by atoms with van der Waals surface area (Å²) >= 11 is 0. The summed E-state index contributed by atoms with van der Waals surface area (Å²) in [5.74, 6) is 0.130. The highest BCUT2D eigenvalue weighted by Gasteiger charge is 2.45. The van der Waals surface area contributed by atoms with E-state index in [0.29, 0.717) is 25.1 Å². The van der Waals surface area contributed by atoms with Crippen molar-refractivity contribution < 1.29 is 9.59 Å². The maximum atomic E-state index is 12.6. The summed E-state index contributed by atoms with van der Waals surface area (Å²) in [7, 11) is 0. The van der Waals surface area contributed by atoms with Gasteiger partial charge in [0.1, 0.15) is 0 Å². The van der Waals surface area contributed by atoms with Gasteiger partial charge in [0.25, 0.3) is 5.91 Å². The van der Waals surface area contributed by atoms with Gasteiger partial charge in [0.15, 0.2) is 0 Å². The van der Waals surface area contributed by atoms with Crippen LogP contribution in [-0.2, 0) is 4.79 Å². The molecule has 1 aromatic heterocycles. The lowest BCUT2D eigenvalue weighted by molar-refractivity contribution is -0.119. The van der Waals surface area contributed by atoms with Crippen molar-refractivity contribution in [3.63, 3.8) is 0 Å². The van der Waals surface area contributed by atoms with Crippen molar-refractivity contribution in [2.75, 3.05) is 19.6 Å². The molecule has 108 valence electrons. The van der Waals surface area contributed by atoms with Gasteiger partial charge in [-0.25, -0.2) is 4.98 Å². The van der Waals surface area contributed by atoms with E-state index in [9.17, 15) is 9.59 Å². The van der Waals surface area contributed by atoms with Gasteiger partial charge in [-0.05, 0) is 24.6 Å². The van der Waals surface area contributed by atoms with Crippen LogP contribution in [0.5, 0.6) is 0 Å². The van der Waals surface area contributed by atoms with Gasteiger partial charge in [-0.1, -0.05) is 0 Å². The minimum atomic E-state index is -0.0508. The SMILES string of the molecule is O=C1CC2(CCN(C(=O)c3ccc4nc[nH]c4c3)C2)CN1. The van der Waals surface area contributed by atoms with Crippen molar-refractivity contribution in [1.82, 2.24) is 20.2 Å². The fraction of sp³-hybridized carbons (Fsp3) is 0.400. The van der Waals surface area contributed by atoms with Gasteiger partial charge in [0.2, 0.25) is 5.91 Å². The van der Waals surface area contributed by atoms with Crippen molar-refractivity contribution >= 4 is 22.8 Å². The number of hydrogen-bond acceptors (Lipinski definition) is 3. The van der Waals surface area contributed by atoms with E-state index in [1.165, 1.54) is 0 Å². The number of amides is 2. The molecule has 0 aliphatic carbocycles. The summed E-state index contributed by atoms with van der Waals surface area (Å²) in [6.07, 6.45) is 3.06. The third-order valence-corrected chi connectivity index (χ3v) is 4.59. The first-order valence-corrected chi connectivity index (χ1v) is 7.14. The minimum Gasteiger partial charge on any atom is -0.355 e. The van der Waals surface area contributed by atoms with E-state index in [-0.39, 0.29) is 17.2 Å². The van der Waals surface area contributed by atoms with Crippen LogP contribution in [0.3, 0.4) is 0 Å². The zero-order valence-corrected chi connectivity index (χ0v) is 11.6. The topological polar surface area (TPSA) is 78.1 Å². The maximum Gasteiger partial charge on any atom is 0.253 e. The molecule has 2 aromatic rings. The monoisotopic (exact) mass is 284 g/mol. The standard InChI is InChI=1S/C15H16N4O2/c20-13-6-15(7-16-13)3-4-19(8-15)14(21)10-1-2-11-12(5-10)18-9-17-11/h1-2,5,9H,3-4,6-8H2,(H,16,20)(H,17,18). The fourth-order valence-electron chi connectivity index (χ4n) is 3.40. The molecule has 6 heteroatoms. The Bertz CT molecular complexity index is 738. The number of benzene rings is 1. The normalized spacial score (nSPS) is 25.0. The fourth-order valence-corrected chi connectivity index (χ4v) is 3.40. The molecule has 2 amide bonds. The highest BCUT2D eigenvalue weighted by molar-refractivity contribution is 5.97. The number of nitrogens with one attached hydrogen (secondary N) is 2. The second-order valence-electron chi connectivity index (χ2n) is 6.06. The van der Waals surface area contributed by atoms with Crippen molar-refractivity contribution in [3.8, 4) is 0 Å². The zero-order valence-electron chi connectivity index (χ0n) is 11.6. The van der Waals surface area contributed by atoms with Gasteiger partial charge >= 0.3 is 0 Å². The minimum absolute atomic E-state index is 0.0303. The van der Waals surface area contributed by atoms with Crippen LogP contribution in [0.1, 0.15) is 23.2 Å². The summed E-state index contributed by atoms with van der Waals surface area (Å²) < 4.78 is 0. The van der Waals surface area contributed by atoms with E-state index < -0.39 is 0 Å². The summed E-state index contributed by atoms with van der Waals surface area (Å²) in [6.45, 7) is 2.07. The van der Waals surface area contributed by atoms with Crippen LogP contribution in [0.2, 0.25) is 0 Å². The Morgan fingerprint density at radius 1 is 1.38 bits per heavy atom. The molecule has 21 heavy (non-hydrogen) atoms. The van der Waals surface area contributed by atoms with E-state index >= 15 is 0 Å². The molecule has 1 spiro atoms. The summed E-state index contributed by atoms with van der Waals surface area (Å²) in [6, 6.07) is 5.51. The number of likely N-dealkylation sites (tertiary alicyclic amines) is 1. The van der Waals surface area contributed by atoms with Crippen LogP contribution in [0, 0.1) is 5.41 Å². The molecule has 2 aliphatic rings. The third kappa shape index (κ3) is 1.98. The lowest BCUT2D eigenvalue weighted by Crippen LogP contribution is -2.33. The number of carbonyl (C=O) groups is 2. The zero-order chi connectivity index (χ0) is 14.4. The van der Waals surface area contributed by atoms with Gasteiger partial charge in [-0.15, -0.1) is 0 Å². The summed E-state index contributed by atoms with van der Waals surface area (Å²) in [4.78, 5) is 33.1. The molecule has 0 radical (unpaired) electrons. The number of hydrogen-bond donors (Lipinski definition) is 2. The number of aromatic nitrogens is 2. The molecular weight excluding hydrogens is 268 g/mol. The maximum absolute atomic E-state index is 12.6. The van der Waals surface area contributed by atoms with Crippen LogP contribution in [-0.4, -0.2) is 46.3 Å². The first-order valence-electron chi connectivity index (χ1n) is 7.14. The molecule has 1 unspecified atom stereocenters. The second kappa shape index (κ2) is 4.31. The number of imidazole rings is 1. The molecule has 2 N–H and O–H groups in total. The van der Waals surface area contributed by atoms with Crippen LogP contribution in [0.25, 0.3) is 11.0 Å². The quantitative estimate of drug-likeness (QED) is 0.817. The predicted molar refractivity (Wildman–Crippen MR) is 76.7 cm³/mol. The summed E-state index contributed by atoms with van der Waals surface area (Å²) in [5, 5.41) is 2.88. The average Bonchev–Trinajstić information content (AvgIpc) is 3.19. The highest BCUT2D eigenvalue weighted by Crippen LogP contribution is 2.37. The number of carbonyl (C=O) groups excluding carboxylic acids is 2. The first kappa shape index (κ1) is 12.4. The van der Waals surface area contributed by atoms with Crippen molar-refractivity contribution in [2.24, 2.45) is 5.41 Å². The first-order chi connectivity index (χ1) is 10.2. The Hall–Kier alpha value is -2.37. The Morgan fingerprint density at radius 3 is 3.10 bits per heavy atom. The van der Waals surface area contributed by atoms with Crippen LogP contribution >= 0.6 is 0 Å². The molecule has 2 aliphatic heterocycles. The number of aromatic amines is 1. The van der Waals surface area contributed by atoms with Gasteiger partial charge < -0.3 is 15.2 Å². The van der Waals surface area contributed by atoms with Crippen LogP contribution in [0.4, 0.5) is 0 Å². The predicted octanol–water partition coefficient (Wildman–Crippen LogP) is 0.915. The highest BCUT2D eigenvalue weighted by atomic mass is 16.2. The Kier molecular flexibility index (Phi) is 2.54. The van der Waals surface area contributed by atoms with Crippen molar-refractivity contribution in [3.05, 3.63) is 30.1 Å². The lowest BCUT2D eigenvalue weighted by atomic mass is 9.86. The number of fused-ring (bicyclic) bond motifs is 1. The third-order valence-electron chi connectivity index (χ3n) is 4.59. The van der Waals surface area contributed by atoms with E-state index in [0.717, 1.165) is 24.0 Å². The van der Waals surface area contributed by atoms with Crippen molar-refractivity contribution in [1.29, 1.82) is 0 Å². The van der Waals surface area contributed by atoms with E-state index in [4.69, 9.17) is 0 Å². The molecule has 1 aromatic carbocycles. The van der Waals surface area contributed by atoms with Gasteiger partial charge in [-0.2, -0.15) is 0 Å². The molecule has 3 heterocycles. The second-order valence-corrected chi connectivity index (χ2v) is 6.06. The van der Waals surface area contributed by atoms with Crippen molar-refractivity contribution in [2.45, 2.75) is 12.8 Å². The van der Waals surface area contributed by atoms with Crippen LogP contribution in [0.15, 0.2) is 24.5 Å². The molecular formula is C15H16N4O2. The van der Waals surface area contributed by atoms with Gasteiger partial charge in [0, 0.05) is 37.0 Å². The average molecular weight is 284 g/mol. The largest absolute Gasteiger partial charge is 0.355 e. The van der Waals surface area contributed by atoms with E-state index in [2.05, 4.69) is 15.3 Å². The van der Waals surface area contributed by atoms with E-state index in [1.807, 2.05) is 23.1 Å². The smallest absolute Gasteiger partial charge is 0.253 e. The van der Waals surface area contributed by atoms with E-state index in [1.54, 1.807) is 6.33 Å². The molecule has 4 rings (SSSR count). The number of nitrogens with zero attached hydrogens (tertiary/aromatic N) is 2. The summed E-state index contributed by atoms with van der Waals surface area (Å²) in [5.41, 5.74) is 2.34. The Labute approximate surface area is 121 Å². The van der Waals surface area contributed by atoms with Gasteiger partial charge in [0.05, 0.1) is 17.4 Å². The molecule has 2 fully saturated rings. The number of H-pyrrole nitrogens is 1. The number of rotatable bonds is 1. The van der Waals surface area contributed by atoms with Crippen LogP contribution < -0.4 is 5.32 Å². The lowest BCUT2D eigenvalue weighted by Gasteiger charge is -2.21. The molecule has 0 bridgehead atoms. The van der Waals surface area contributed by atoms with Gasteiger partial charge in [-0.3, -0.25) is 9.59 Å².